The van der Waals surface area contributed by atoms with E-state index in [1.165, 1.54) is 0 Å². The van der Waals surface area contributed by atoms with Crippen molar-refractivity contribution in [2.24, 2.45) is 0 Å². The zero-order valence-electron chi connectivity index (χ0n) is 8.12. The average Bonchev–Trinajstić information content (AvgIpc) is 2.17. The van der Waals surface area contributed by atoms with Gasteiger partial charge in [0.1, 0.15) is 0 Å². The Morgan fingerprint density at radius 1 is 1.14 bits per heavy atom. The van der Waals surface area contributed by atoms with Crippen LogP contribution in [-0.4, -0.2) is 4.98 Å². The van der Waals surface area contributed by atoms with Crippen molar-refractivity contribution in [1.82, 2.24) is 11.1 Å². The third-order valence-electron chi connectivity index (χ3n) is 1.02. The lowest BCUT2D eigenvalue weighted by atomic mass is 10.4. The van der Waals surface area contributed by atoms with Gasteiger partial charge in [-0.05, 0) is 42.7 Å². The molecule has 3 N–H and O–H groups in total. The summed E-state index contributed by atoms with van der Waals surface area (Å²) in [5.41, 5.74) is 1.07. The van der Waals surface area contributed by atoms with Gasteiger partial charge in [-0.1, -0.05) is 6.07 Å². The fourth-order valence-electron chi connectivity index (χ4n) is 0.520. The second-order valence-corrected chi connectivity index (χ2v) is 2.01. The molecule has 1 aromatic heterocycles. The molecule has 70 valence electrons. The van der Waals surface area contributed by atoms with E-state index < -0.39 is 0 Å². The SMILES string of the molecule is C#CC#CC#C.Cc1ccccn1.N. The Morgan fingerprint density at radius 2 is 1.71 bits per heavy atom. The zero-order valence-corrected chi connectivity index (χ0v) is 8.12. The van der Waals surface area contributed by atoms with Gasteiger partial charge in [0.25, 0.3) is 0 Å². The molecule has 0 aliphatic rings. The summed E-state index contributed by atoms with van der Waals surface area (Å²) < 4.78 is 0. The average molecular weight is 184 g/mol. The molecule has 1 aromatic rings. The molecule has 0 fully saturated rings. The minimum atomic E-state index is 0. The topological polar surface area (TPSA) is 47.9 Å². The van der Waals surface area contributed by atoms with Crippen molar-refractivity contribution >= 4 is 0 Å². The molecule has 2 nitrogen and oxygen atoms in total. The van der Waals surface area contributed by atoms with Crippen LogP contribution in [0.3, 0.4) is 0 Å². The largest absolute Gasteiger partial charge is 0.344 e. The molecule has 0 bridgehead atoms. The first-order valence-corrected chi connectivity index (χ1v) is 3.60. The second kappa shape index (κ2) is 10.8. The number of rotatable bonds is 0. The van der Waals surface area contributed by atoms with Gasteiger partial charge in [-0.2, -0.15) is 0 Å². The molecule has 14 heavy (non-hydrogen) atoms. The number of nitrogens with zero attached hydrogens (tertiary/aromatic N) is 1. The predicted molar refractivity (Wildman–Crippen MR) is 59.4 cm³/mol. The Bertz CT molecular complexity index is 351. The van der Waals surface area contributed by atoms with Crippen LogP contribution in [0.2, 0.25) is 0 Å². The number of hydrogen-bond donors (Lipinski definition) is 1. The first-order chi connectivity index (χ1) is 6.31. The van der Waals surface area contributed by atoms with Crippen molar-refractivity contribution in [3.63, 3.8) is 0 Å². The molecule has 0 amide bonds. The molecular formula is C12H12N2. The molecule has 2 heteroatoms. The Kier molecular flexibility index (Phi) is 11.0. The van der Waals surface area contributed by atoms with Crippen LogP contribution in [0.4, 0.5) is 0 Å². The number of pyridine rings is 1. The Labute approximate surface area is 85.3 Å². The zero-order chi connectivity index (χ0) is 9.94. The van der Waals surface area contributed by atoms with Crippen molar-refractivity contribution in [3.8, 4) is 36.5 Å². The predicted octanol–water partition coefficient (Wildman–Crippen LogP) is 1.81. The highest BCUT2D eigenvalue weighted by molar-refractivity contribution is 5.31. The summed E-state index contributed by atoms with van der Waals surface area (Å²) in [7, 11) is 0. The Morgan fingerprint density at radius 3 is 1.93 bits per heavy atom. The van der Waals surface area contributed by atoms with Gasteiger partial charge in [0.05, 0.1) is 0 Å². The van der Waals surface area contributed by atoms with E-state index in [2.05, 4.69) is 28.7 Å². The molecule has 1 rings (SSSR count). The highest BCUT2D eigenvalue weighted by Crippen LogP contribution is 1.85. The third-order valence-corrected chi connectivity index (χ3v) is 1.02. The lowest BCUT2D eigenvalue weighted by Crippen LogP contribution is -1.72. The van der Waals surface area contributed by atoms with Gasteiger partial charge >= 0.3 is 0 Å². The van der Waals surface area contributed by atoms with E-state index in [1.807, 2.05) is 25.1 Å². The van der Waals surface area contributed by atoms with Crippen LogP contribution in [0.25, 0.3) is 0 Å². The van der Waals surface area contributed by atoms with Gasteiger partial charge in [-0.15, -0.1) is 12.8 Å². The van der Waals surface area contributed by atoms with Crippen molar-refractivity contribution in [3.05, 3.63) is 30.1 Å². The first kappa shape index (κ1) is 14.3. The quantitative estimate of drug-likeness (QED) is 0.625. The maximum atomic E-state index is 4.70. The summed E-state index contributed by atoms with van der Waals surface area (Å²) in [6.07, 6.45) is 11.2. The molecule has 0 aliphatic carbocycles. The van der Waals surface area contributed by atoms with Gasteiger partial charge in [0.2, 0.25) is 0 Å². The molecular weight excluding hydrogens is 172 g/mol. The van der Waals surface area contributed by atoms with E-state index >= 15 is 0 Å². The molecule has 0 aromatic carbocycles. The number of aryl methyl sites for hydroxylation is 1. The standard InChI is InChI=1S/C6H7N.C6H2.H3N/c1-6-4-2-3-5-7-6;1-3-5-6-4-2;/h2-5H,1H3;1-2H;1H3. The summed E-state index contributed by atoms with van der Waals surface area (Å²) in [6, 6.07) is 5.86. The smallest absolute Gasteiger partial charge is 0.0372 e. The van der Waals surface area contributed by atoms with Gasteiger partial charge < -0.3 is 6.15 Å². The maximum Gasteiger partial charge on any atom is 0.0372 e. The van der Waals surface area contributed by atoms with Crippen LogP contribution in [0.5, 0.6) is 0 Å². The minimum absolute atomic E-state index is 0. The van der Waals surface area contributed by atoms with E-state index in [9.17, 15) is 0 Å². The van der Waals surface area contributed by atoms with E-state index in [0.717, 1.165) is 5.69 Å². The summed E-state index contributed by atoms with van der Waals surface area (Å²) >= 11 is 0. The van der Waals surface area contributed by atoms with Crippen LogP contribution < -0.4 is 6.15 Å². The molecule has 0 saturated carbocycles. The summed E-state index contributed by atoms with van der Waals surface area (Å²) in [6.45, 7) is 1.97. The number of terminal acetylenes is 2. The van der Waals surface area contributed by atoms with Crippen molar-refractivity contribution < 1.29 is 0 Å². The van der Waals surface area contributed by atoms with Gasteiger partial charge in [0.15, 0.2) is 0 Å². The van der Waals surface area contributed by atoms with E-state index in [1.54, 1.807) is 6.20 Å². The molecule has 0 aliphatic heterocycles. The van der Waals surface area contributed by atoms with Crippen LogP contribution in [0.1, 0.15) is 5.69 Å². The minimum Gasteiger partial charge on any atom is -0.344 e. The van der Waals surface area contributed by atoms with E-state index in [0.29, 0.717) is 0 Å². The normalized spacial score (nSPS) is 5.64. The van der Waals surface area contributed by atoms with Crippen LogP contribution >= 0.6 is 0 Å². The lowest BCUT2D eigenvalue weighted by Gasteiger charge is -1.82. The van der Waals surface area contributed by atoms with Crippen LogP contribution in [-0.2, 0) is 0 Å². The van der Waals surface area contributed by atoms with Gasteiger partial charge in [0, 0.05) is 11.9 Å². The van der Waals surface area contributed by atoms with Crippen molar-refractivity contribution in [2.75, 3.05) is 0 Å². The second-order valence-electron chi connectivity index (χ2n) is 2.01. The number of aromatic nitrogens is 1. The van der Waals surface area contributed by atoms with Crippen LogP contribution in [0.15, 0.2) is 24.4 Å². The molecule has 0 unspecified atom stereocenters. The first-order valence-electron chi connectivity index (χ1n) is 3.60. The third kappa shape index (κ3) is 9.79. The summed E-state index contributed by atoms with van der Waals surface area (Å²) in [4.78, 5) is 3.98. The summed E-state index contributed by atoms with van der Waals surface area (Å²) in [5, 5.41) is 0. The fourth-order valence-corrected chi connectivity index (χ4v) is 0.520. The Hall–Kier alpha value is -2.21. The lowest BCUT2D eigenvalue weighted by molar-refractivity contribution is 1.20. The molecule has 0 atom stereocenters. The fraction of sp³-hybridized carbons (Fsp3) is 0.0833. The molecule has 0 spiro atoms. The van der Waals surface area contributed by atoms with Gasteiger partial charge in [-0.25, -0.2) is 0 Å². The van der Waals surface area contributed by atoms with Crippen molar-refractivity contribution in [2.45, 2.75) is 6.92 Å². The summed E-state index contributed by atoms with van der Waals surface area (Å²) in [5.74, 6) is 8.61. The molecule has 1 heterocycles. The van der Waals surface area contributed by atoms with Gasteiger partial charge in [-0.3, -0.25) is 4.98 Å². The highest BCUT2D eigenvalue weighted by atomic mass is 14.6. The van der Waals surface area contributed by atoms with E-state index in [4.69, 9.17) is 12.8 Å². The monoisotopic (exact) mass is 184 g/mol. The van der Waals surface area contributed by atoms with Crippen molar-refractivity contribution in [1.29, 1.82) is 0 Å². The molecule has 0 radical (unpaired) electrons. The highest BCUT2D eigenvalue weighted by Gasteiger charge is 1.73. The molecule has 0 saturated heterocycles. The van der Waals surface area contributed by atoms with Crippen LogP contribution in [0, 0.1) is 43.5 Å². The number of hydrogen-bond acceptors (Lipinski definition) is 2. The Balaban J connectivity index is 0. The maximum absolute atomic E-state index is 4.70. The van der Waals surface area contributed by atoms with E-state index in [-0.39, 0.29) is 6.15 Å².